The lowest BCUT2D eigenvalue weighted by Crippen LogP contribution is -2.61. The molecule has 2 aliphatic heterocycles. The molecule has 0 amide bonds. The lowest BCUT2D eigenvalue weighted by Gasteiger charge is -2.43. The molecule has 0 aliphatic carbocycles. The Bertz CT molecular complexity index is 2270. The van der Waals surface area contributed by atoms with E-state index in [1.54, 1.807) is 32.9 Å². The van der Waals surface area contributed by atoms with Crippen LogP contribution < -0.4 is 0 Å². The van der Waals surface area contributed by atoms with Gasteiger partial charge in [-0.15, -0.1) is 0 Å². The van der Waals surface area contributed by atoms with E-state index in [0.717, 1.165) is 51.4 Å². The summed E-state index contributed by atoms with van der Waals surface area (Å²) in [5.74, 6) is -1.90. The zero-order valence-corrected chi connectivity index (χ0v) is 57.3. The first-order valence-corrected chi connectivity index (χ1v) is 36.0. The Morgan fingerprint density at radius 2 is 1.10 bits per heavy atom. The van der Waals surface area contributed by atoms with E-state index in [1.165, 1.54) is 18.2 Å². The molecule has 0 radical (unpaired) electrons. The van der Waals surface area contributed by atoms with Crippen LogP contribution in [-0.4, -0.2) is 279 Å². The molecule has 96 heavy (non-hydrogen) atoms. The molecule has 28 atom stereocenters. The smallest absolute Gasteiger partial charge is 0.394 e. The molecule has 0 spiro atoms. The number of aliphatic hydroxyl groups excluding tert-OH is 21. The first-order valence-electron chi connectivity index (χ1n) is 34.6. The van der Waals surface area contributed by atoms with Gasteiger partial charge in [-0.2, -0.15) is 8.42 Å². The van der Waals surface area contributed by atoms with Crippen molar-refractivity contribution in [2.75, 3.05) is 6.61 Å². The van der Waals surface area contributed by atoms with Crippen molar-refractivity contribution in [2.45, 2.75) is 340 Å². The quantitative estimate of drug-likeness (QED) is 0.0169. The van der Waals surface area contributed by atoms with Crippen molar-refractivity contribution in [3.8, 4) is 0 Å². The van der Waals surface area contributed by atoms with Crippen LogP contribution in [0.4, 0.5) is 0 Å². The maximum Gasteiger partial charge on any atom is 0.397 e. The number of unbranched alkanes of at least 4 members (excludes halogenated alkanes) is 8. The summed E-state index contributed by atoms with van der Waals surface area (Å²) < 4.78 is 47.8. The fourth-order valence-electron chi connectivity index (χ4n) is 12.4. The molecule has 2 rings (SSSR count). The van der Waals surface area contributed by atoms with Gasteiger partial charge in [-0.1, -0.05) is 115 Å². The van der Waals surface area contributed by atoms with Crippen LogP contribution in [0.3, 0.4) is 0 Å². The van der Waals surface area contributed by atoms with E-state index in [-0.39, 0.29) is 89.0 Å². The third kappa shape index (κ3) is 33.6. The molecular weight excluding hydrogens is 1280 g/mol. The minimum absolute atomic E-state index is 0.00215. The molecule has 0 bridgehead atoms. The minimum Gasteiger partial charge on any atom is -0.394 e. The zero-order valence-electron chi connectivity index (χ0n) is 56.5. The molecule has 564 valence electrons. The molecule has 0 saturated carbocycles. The van der Waals surface area contributed by atoms with Crippen molar-refractivity contribution in [2.24, 2.45) is 17.8 Å². The Hall–Kier alpha value is -2.35. The highest BCUT2D eigenvalue weighted by atomic mass is 32.3. The number of ether oxygens (including phenoxy) is 2. The normalized spacial score (nSPS) is 27.6. The van der Waals surface area contributed by atoms with Crippen molar-refractivity contribution < 1.29 is 134 Å². The van der Waals surface area contributed by atoms with Gasteiger partial charge < -0.3 is 117 Å². The summed E-state index contributed by atoms with van der Waals surface area (Å²) in [6.07, 6.45) is -15.3. The highest BCUT2D eigenvalue weighted by Gasteiger charge is 2.49. The third-order valence-corrected chi connectivity index (χ3v) is 19.4. The highest BCUT2D eigenvalue weighted by Crippen LogP contribution is 2.33. The van der Waals surface area contributed by atoms with Crippen LogP contribution in [0.25, 0.3) is 0 Å². The Morgan fingerprint density at radius 3 is 1.72 bits per heavy atom. The fraction of sp³-hybridized carbons (Fsp3) is 0.853. The summed E-state index contributed by atoms with van der Waals surface area (Å²) in [5.41, 5.74) is -0.0495. The number of aliphatic hydroxyl groups is 21. The Balaban J connectivity index is 1.80. The van der Waals surface area contributed by atoms with E-state index >= 15 is 0 Å². The van der Waals surface area contributed by atoms with Gasteiger partial charge in [-0.05, 0) is 139 Å². The van der Waals surface area contributed by atoms with E-state index in [4.69, 9.17) is 19.1 Å². The Morgan fingerprint density at radius 1 is 0.542 bits per heavy atom. The molecular formula is C68H124O27S. The van der Waals surface area contributed by atoms with Crippen molar-refractivity contribution in [3.05, 3.63) is 61.3 Å². The summed E-state index contributed by atoms with van der Waals surface area (Å²) in [6.45, 7) is 11.8. The van der Waals surface area contributed by atoms with Crippen molar-refractivity contribution in [1.82, 2.24) is 0 Å². The van der Waals surface area contributed by atoms with Gasteiger partial charge in [0.2, 0.25) is 0 Å². The number of rotatable bonds is 53. The SMILES string of the molecule is C=C/C=C/CCCCCCCCC/C=C/C(O)C(O)C1OC(C(O)C(O)C(=C)CCC(O)C2OC(CC(O)C(O)C(C)CCCC(O)C(O)C(O)C(C)CCC(O)C(O)C(C)CC(O)CCCC(O)CCCC(/C=C/CC(O)CO)OS(=O)(=O)O)C(O)C(O)C2O)CC(O)C1O. The minimum atomic E-state index is -4.78. The van der Waals surface area contributed by atoms with Gasteiger partial charge in [0, 0.05) is 12.8 Å². The lowest BCUT2D eigenvalue weighted by molar-refractivity contribution is -0.250. The standard InChI is InChI=1S/C68H124O27S/c1-6-7-8-9-10-11-12-13-14-15-16-17-18-30-49(74)61(84)68-62(85)53(78)38-54(94-68)63(86)59(82)42(4)33-35-51(76)67-66(89)65(88)64(87)55(93-67)37-52(77)56(79)40(2)23-19-31-48(73)60(83)58(81)41(3)32-34-50(75)57(80)43(5)36-45(71)26-20-24-44(70)25-21-28-47(95-96(90,91)92)29-22-27-46(72)39-69/h6-8,18,22,29-30,40-41,43-89H,1,4,9-17,19-21,23-28,31-39H2,2-3,5H3,(H,90,91,92)/b8-7+,29-22+,30-18+. The lowest BCUT2D eigenvalue weighted by atomic mass is 9.85. The van der Waals surface area contributed by atoms with E-state index in [0.29, 0.717) is 25.7 Å². The molecule has 2 aliphatic rings. The molecule has 2 fully saturated rings. The largest absolute Gasteiger partial charge is 0.397 e. The van der Waals surface area contributed by atoms with Crippen LogP contribution >= 0.6 is 0 Å². The highest BCUT2D eigenvalue weighted by molar-refractivity contribution is 7.80. The molecule has 2 saturated heterocycles. The van der Waals surface area contributed by atoms with Gasteiger partial charge >= 0.3 is 10.4 Å². The van der Waals surface area contributed by atoms with E-state index < -0.39 is 194 Å². The van der Waals surface area contributed by atoms with E-state index in [1.807, 2.05) is 6.08 Å². The van der Waals surface area contributed by atoms with Gasteiger partial charge in [-0.25, -0.2) is 4.18 Å². The summed E-state index contributed by atoms with van der Waals surface area (Å²) >= 11 is 0. The van der Waals surface area contributed by atoms with Crippen LogP contribution in [0.2, 0.25) is 0 Å². The van der Waals surface area contributed by atoms with Crippen molar-refractivity contribution in [3.63, 3.8) is 0 Å². The van der Waals surface area contributed by atoms with Crippen molar-refractivity contribution >= 4 is 10.4 Å². The first-order chi connectivity index (χ1) is 45.2. The maximum absolute atomic E-state index is 11.2. The topological polar surface area (TPSA) is 507 Å². The van der Waals surface area contributed by atoms with E-state index in [2.05, 4.69) is 23.4 Å². The van der Waals surface area contributed by atoms with Crippen LogP contribution in [0.1, 0.15) is 188 Å². The van der Waals surface area contributed by atoms with Gasteiger partial charge in [0.05, 0.1) is 92.1 Å². The van der Waals surface area contributed by atoms with Crippen LogP contribution in [0.15, 0.2) is 61.3 Å². The van der Waals surface area contributed by atoms with Gasteiger partial charge in [0.15, 0.2) is 0 Å². The number of hydrogen-bond acceptors (Lipinski definition) is 26. The molecule has 22 N–H and O–H groups in total. The first kappa shape index (κ1) is 89.7. The Labute approximate surface area is 568 Å². The number of hydrogen-bond donors (Lipinski definition) is 22. The number of allylic oxidation sites excluding steroid dienone is 4. The van der Waals surface area contributed by atoms with Gasteiger partial charge in [-0.3, -0.25) is 4.55 Å². The maximum atomic E-state index is 11.2. The van der Waals surface area contributed by atoms with Crippen LogP contribution in [-0.2, 0) is 24.1 Å². The summed E-state index contributed by atoms with van der Waals surface area (Å²) in [6, 6.07) is 0. The molecule has 27 nitrogen and oxygen atoms in total. The predicted octanol–water partition coefficient (Wildman–Crippen LogP) is 0.381. The molecule has 28 heteroatoms. The zero-order chi connectivity index (χ0) is 72.4. The second kappa shape index (κ2) is 47.8. The van der Waals surface area contributed by atoms with Gasteiger partial charge in [0.1, 0.15) is 67.1 Å². The third-order valence-electron chi connectivity index (χ3n) is 18.9. The molecule has 0 aromatic carbocycles. The van der Waals surface area contributed by atoms with E-state index in [9.17, 15) is 111 Å². The van der Waals surface area contributed by atoms with Crippen LogP contribution in [0.5, 0.6) is 0 Å². The summed E-state index contributed by atoms with van der Waals surface area (Å²) in [5, 5.41) is 225. The second-order valence-corrected chi connectivity index (χ2v) is 28.2. The average Bonchev–Trinajstić information content (AvgIpc) is 0.810. The monoisotopic (exact) mass is 1400 g/mol. The fourth-order valence-corrected chi connectivity index (χ4v) is 12.9. The average molecular weight is 1410 g/mol. The molecule has 0 aromatic heterocycles. The predicted molar refractivity (Wildman–Crippen MR) is 355 cm³/mol. The molecule has 0 aromatic rings. The van der Waals surface area contributed by atoms with Crippen molar-refractivity contribution in [1.29, 1.82) is 0 Å². The summed E-state index contributed by atoms with van der Waals surface area (Å²) in [4.78, 5) is 0. The Kier molecular flexibility index (Phi) is 44.6. The second-order valence-electron chi connectivity index (χ2n) is 27.2. The molecule has 28 unspecified atom stereocenters. The van der Waals surface area contributed by atoms with Crippen LogP contribution in [0, 0.1) is 17.8 Å². The van der Waals surface area contributed by atoms with Gasteiger partial charge in [0.25, 0.3) is 0 Å². The molecule has 2 heterocycles. The summed E-state index contributed by atoms with van der Waals surface area (Å²) in [7, 11) is -4.78.